The summed E-state index contributed by atoms with van der Waals surface area (Å²) in [7, 11) is 0. The summed E-state index contributed by atoms with van der Waals surface area (Å²) in [5.74, 6) is -0.720. The Hall–Kier alpha value is -3.46. The van der Waals surface area contributed by atoms with Gasteiger partial charge < -0.3 is 25.3 Å². The van der Waals surface area contributed by atoms with Gasteiger partial charge in [0, 0.05) is 69.9 Å². The molecule has 0 atom stereocenters. The van der Waals surface area contributed by atoms with Crippen molar-refractivity contribution in [3.63, 3.8) is 0 Å². The molecule has 4 rings (SSSR count). The highest BCUT2D eigenvalue weighted by atomic mass is 19.1. The normalized spacial score (nSPS) is 16.7. The van der Waals surface area contributed by atoms with Crippen molar-refractivity contribution in [2.75, 3.05) is 62.6 Å². The molecule has 0 saturated carbocycles. The molecule has 2 aliphatic heterocycles. The molecule has 2 saturated heterocycles. The van der Waals surface area contributed by atoms with Crippen molar-refractivity contribution >= 4 is 29.1 Å². The van der Waals surface area contributed by atoms with Gasteiger partial charge in [0.15, 0.2) is 0 Å². The van der Waals surface area contributed by atoms with E-state index in [1.165, 1.54) is 24.3 Å². The summed E-state index contributed by atoms with van der Waals surface area (Å²) < 4.78 is 13.4. The number of amides is 3. The molecule has 38 heavy (non-hydrogen) atoms. The number of carbonyl (C=O) groups excluding carboxylic acids is 3. The van der Waals surface area contributed by atoms with Gasteiger partial charge in [-0.15, -0.1) is 0 Å². The van der Waals surface area contributed by atoms with Gasteiger partial charge in [0.25, 0.3) is 11.8 Å². The molecule has 8 nitrogen and oxygen atoms in total. The fraction of sp³-hybridized carbons (Fsp3) is 0.483. The van der Waals surface area contributed by atoms with E-state index >= 15 is 0 Å². The number of halogens is 1. The Labute approximate surface area is 224 Å². The second-order valence-corrected chi connectivity index (χ2v) is 11.2. The lowest BCUT2D eigenvalue weighted by Crippen LogP contribution is -2.46. The highest BCUT2D eigenvalue weighted by Gasteiger charge is 2.26. The molecule has 9 heteroatoms. The predicted octanol–water partition coefficient (Wildman–Crippen LogP) is 3.60. The van der Waals surface area contributed by atoms with Gasteiger partial charge in [0.1, 0.15) is 5.82 Å². The Morgan fingerprint density at radius 3 is 2.24 bits per heavy atom. The predicted molar refractivity (Wildman–Crippen MR) is 147 cm³/mol. The van der Waals surface area contributed by atoms with Crippen molar-refractivity contribution < 1.29 is 18.8 Å². The van der Waals surface area contributed by atoms with Gasteiger partial charge >= 0.3 is 0 Å². The molecule has 2 N–H and O–H groups in total. The standard InChI is InChI=1S/C29H38FN5O3/c1-29(2,3)20-26(36)34-14-4-13-33(17-18-34)25-10-7-22(28(38)35-15-11-31-12-16-35)19-24(25)32-27(37)21-5-8-23(30)9-6-21/h5-10,19,31H,4,11-18,20H2,1-3H3,(H,32,37). The lowest BCUT2D eigenvalue weighted by atomic mass is 9.91. The first-order valence-electron chi connectivity index (χ1n) is 13.3. The molecule has 2 fully saturated rings. The van der Waals surface area contributed by atoms with E-state index in [1.54, 1.807) is 12.1 Å². The van der Waals surface area contributed by atoms with Gasteiger partial charge in [-0.3, -0.25) is 14.4 Å². The van der Waals surface area contributed by atoms with E-state index in [0.29, 0.717) is 62.5 Å². The van der Waals surface area contributed by atoms with Crippen molar-refractivity contribution in [1.82, 2.24) is 15.1 Å². The monoisotopic (exact) mass is 523 g/mol. The number of piperazine rings is 1. The highest BCUT2D eigenvalue weighted by Crippen LogP contribution is 2.30. The number of benzene rings is 2. The fourth-order valence-corrected chi connectivity index (χ4v) is 4.86. The van der Waals surface area contributed by atoms with Crippen LogP contribution in [-0.2, 0) is 4.79 Å². The van der Waals surface area contributed by atoms with Crippen LogP contribution in [0.2, 0.25) is 0 Å². The first-order valence-corrected chi connectivity index (χ1v) is 13.3. The second kappa shape index (κ2) is 11.9. The average molecular weight is 524 g/mol. The molecule has 204 valence electrons. The number of hydrogen-bond donors (Lipinski definition) is 2. The number of carbonyl (C=O) groups is 3. The Kier molecular flexibility index (Phi) is 8.66. The molecule has 0 radical (unpaired) electrons. The lowest BCUT2D eigenvalue weighted by molar-refractivity contribution is -0.132. The molecule has 0 aromatic heterocycles. The average Bonchev–Trinajstić information content (AvgIpc) is 3.14. The van der Waals surface area contributed by atoms with E-state index in [1.807, 2.05) is 15.9 Å². The minimum absolute atomic E-state index is 0.0757. The molecule has 3 amide bonds. The largest absolute Gasteiger partial charge is 0.368 e. The van der Waals surface area contributed by atoms with E-state index in [0.717, 1.165) is 25.2 Å². The summed E-state index contributed by atoms with van der Waals surface area (Å²) in [5, 5.41) is 6.21. The smallest absolute Gasteiger partial charge is 0.255 e. The summed E-state index contributed by atoms with van der Waals surface area (Å²) in [6, 6.07) is 10.8. The zero-order valence-electron chi connectivity index (χ0n) is 22.6. The third kappa shape index (κ3) is 7.10. The third-order valence-electron chi connectivity index (χ3n) is 6.87. The van der Waals surface area contributed by atoms with Crippen LogP contribution >= 0.6 is 0 Å². The van der Waals surface area contributed by atoms with E-state index in [4.69, 9.17) is 0 Å². The van der Waals surface area contributed by atoms with Crippen molar-refractivity contribution in [2.24, 2.45) is 5.41 Å². The van der Waals surface area contributed by atoms with Gasteiger partial charge in [-0.2, -0.15) is 0 Å². The van der Waals surface area contributed by atoms with Crippen LogP contribution in [0.5, 0.6) is 0 Å². The Morgan fingerprint density at radius 2 is 1.55 bits per heavy atom. The van der Waals surface area contributed by atoms with Gasteiger partial charge in [-0.1, -0.05) is 20.8 Å². The van der Waals surface area contributed by atoms with E-state index in [-0.39, 0.29) is 23.1 Å². The molecule has 0 aliphatic carbocycles. The summed E-state index contributed by atoms with van der Waals surface area (Å²) >= 11 is 0. The van der Waals surface area contributed by atoms with Crippen LogP contribution in [-0.4, -0.2) is 79.9 Å². The minimum atomic E-state index is -0.416. The Balaban J connectivity index is 1.58. The van der Waals surface area contributed by atoms with Crippen molar-refractivity contribution in [3.8, 4) is 0 Å². The quantitative estimate of drug-likeness (QED) is 0.626. The Bertz CT molecular complexity index is 1160. The topological polar surface area (TPSA) is 85.0 Å². The van der Waals surface area contributed by atoms with Gasteiger partial charge in [-0.25, -0.2) is 4.39 Å². The van der Waals surface area contributed by atoms with E-state index in [2.05, 4.69) is 36.3 Å². The minimum Gasteiger partial charge on any atom is -0.368 e. The summed E-state index contributed by atoms with van der Waals surface area (Å²) in [6.07, 6.45) is 1.29. The molecule has 2 aliphatic rings. The number of nitrogens with one attached hydrogen (secondary N) is 2. The van der Waals surface area contributed by atoms with E-state index in [9.17, 15) is 18.8 Å². The second-order valence-electron chi connectivity index (χ2n) is 11.2. The van der Waals surface area contributed by atoms with Crippen LogP contribution in [0.25, 0.3) is 0 Å². The molecule has 2 aromatic rings. The van der Waals surface area contributed by atoms with E-state index < -0.39 is 5.82 Å². The lowest BCUT2D eigenvalue weighted by Gasteiger charge is -2.29. The number of nitrogens with zero attached hydrogens (tertiary/aromatic N) is 3. The molecular formula is C29H38FN5O3. The molecule has 0 spiro atoms. The number of anilines is 2. The van der Waals surface area contributed by atoms with Crippen molar-refractivity contribution in [3.05, 3.63) is 59.4 Å². The third-order valence-corrected chi connectivity index (χ3v) is 6.87. The highest BCUT2D eigenvalue weighted by molar-refractivity contribution is 6.07. The van der Waals surface area contributed by atoms with Crippen LogP contribution in [0.4, 0.5) is 15.8 Å². The zero-order chi connectivity index (χ0) is 27.3. The van der Waals surface area contributed by atoms with Crippen LogP contribution in [0.3, 0.4) is 0 Å². The summed E-state index contributed by atoms with van der Waals surface area (Å²) in [6.45, 7) is 11.5. The molecule has 0 bridgehead atoms. The fourth-order valence-electron chi connectivity index (χ4n) is 4.86. The van der Waals surface area contributed by atoms with Crippen molar-refractivity contribution in [2.45, 2.75) is 33.6 Å². The van der Waals surface area contributed by atoms with Gasteiger partial charge in [0.05, 0.1) is 11.4 Å². The molecule has 0 unspecified atom stereocenters. The first kappa shape index (κ1) is 27.6. The number of rotatable bonds is 5. The van der Waals surface area contributed by atoms with Crippen LogP contribution in [0.15, 0.2) is 42.5 Å². The summed E-state index contributed by atoms with van der Waals surface area (Å²) in [5.41, 5.74) is 2.07. The van der Waals surface area contributed by atoms with Crippen LogP contribution in [0, 0.1) is 11.2 Å². The summed E-state index contributed by atoms with van der Waals surface area (Å²) in [4.78, 5) is 45.0. The van der Waals surface area contributed by atoms with Gasteiger partial charge in [-0.05, 0) is 54.3 Å². The molecular weight excluding hydrogens is 485 g/mol. The van der Waals surface area contributed by atoms with Crippen LogP contribution < -0.4 is 15.5 Å². The maximum absolute atomic E-state index is 13.4. The maximum Gasteiger partial charge on any atom is 0.255 e. The first-order chi connectivity index (χ1) is 18.1. The molecule has 2 heterocycles. The SMILES string of the molecule is CC(C)(C)CC(=O)N1CCCN(c2ccc(C(=O)N3CCNCC3)cc2NC(=O)c2ccc(F)cc2)CC1. The Morgan fingerprint density at radius 1 is 0.868 bits per heavy atom. The zero-order valence-corrected chi connectivity index (χ0v) is 22.6. The molecule has 2 aromatic carbocycles. The number of hydrogen-bond acceptors (Lipinski definition) is 5. The maximum atomic E-state index is 13.4. The van der Waals surface area contributed by atoms with Gasteiger partial charge in [0.2, 0.25) is 5.91 Å². The van der Waals surface area contributed by atoms with Crippen molar-refractivity contribution in [1.29, 1.82) is 0 Å². The van der Waals surface area contributed by atoms with Crippen LogP contribution in [0.1, 0.15) is 54.3 Å².